The molecule has 1 fully saturated rings. The highest BCUT2D eigenvalue weighted by molar-refractivity contribution is 5.82. The lowest BCUT2D eigenvalue weighted by Crippen LogP contribution is -2.44. The van der Waals surface area contributed by atoms with Crippen LogP contribution in [0.25, 0.3) is 22.2 Å². The number of β-amino-alcohol motifs (C(OH)–C–C–N with tert-alkyl or cyclic N) is 1. The van der Waals surface area contributed by atoms with E-state index in [2.05, 4.69) is 61.9 Å². The van der Waals surface area contributed by atoms with Gasteiger partial charge in [-0.1, -0.05) is 30.3 Å². The van der Waals surface area contributed by atoms with Crippen molar-refractivity contribution in [3.63, 3.8) is 0 Å². The fraction of sp³-hybridized carbons (Fsp3) is 0.379. The molecule has 1 unspecified atom stereocenters. The number of hydrazine groups is 1. The highest BCUT2D eigenvalue weighted by Gasteiger charge is 2.21. The van der Waals surface area contributed by atoms with Crippen LogP contribution in [0.4, 0.5) is 5.82 Å². The Bertz CT molecular complexity index is 1370. The van der Waals surface area contributed by atoms with Gasteiger partial charge < -0.3 is 14.4 Å². The number of ether oxygens (including phenoxy) is 1. The van der Waals surface area contributed by atoms with Crippen molar-refractivity contribution in [2.45, 2.75) is 38.0 Å². The topological polar surface area (TPSA) is 92.7 Å². The van der Waals surface area contributed by atoms with Crippen molar-refractivity contribution in [3.8, 4) is 11.1 Å². The second-order valence-electron chi connectivity index (χ2n) is 10.2. The Hall–Kier alpha value is -3.30. The van der Waals surface area contributed by atoms with Gasteiger partial charge in [0.1, 0.15) is 5.82 Å². The van der Waals surface area contributed by atoms with Crippen molar-refractivity contribution < 1.29 is 9.84 Å². The summed E-state index contributed by atoms with van der Waals surface area (Å²) in [5.74, 6) is 7.02. The molecule has 8 nitrogen and oxygen atoms in total. The number of nitrogens with zero attached hydrogens (tertiary/aromatic N) is 5. The number of pyridine rings is 1. The summed E-state index contributed by atoms with van der Waals surface area (Å²) < 4.78 is 7.83. The third-order valence-corrected chi connectivity index (χ3v) is 7.62. The van der Waals surface area contributed by atoms with Gasteiger partial charge in [0.2, 0.25) is 0 Å². The van der Waals surface area contributed by atoms with Crippen LogP contribution >= 0.6 is 0 Å². The molecular formula is C29H34N6O2. The number of hydrogen-bond acceptors (Lipinski definition) is 7. The average Bonchev–Trinajstić information content (AvgIpc) is 3.37. The van der Waals surface area contributed by atoms with Gasteiger partial charge in [0.15, 0.2) is 0 Å². The van der Waals surface area contributed by atoms with Crippen molar-refractivity contribution >= 4 is 16.9 Å². The van der Waals surface area contributed by atoms with Crippen LogP contribution < -0.4 is 10.9 Å². The molecule has 0 spiro atoms. The summed E-state index contributed by atoms with van der Waals surface area (Å²) in [6.45, 7) is 4.28. The van der Waals surface area contributed by atoms with E-state index in [1.54, 1.807) is 11.2 Å². The molecular weight excluding hydrogens is 464 g/mol. The Morgan fingerprint density at radius 3 is 2.70 bits per heavy atom. The van der Waals surface area contributed by atoms with Gasteiger partial charge in [-0.05, 0) is 65.8 Å². The lowest BCUT2D eigenvalue weighted by Gasteiger charge is -2.31. The SMILES string of the molecule is NN(CC(O)CN1CCc2ccccc2C1)c1cc(-c2ccc3ncn(C4CCOCC4)c3c2)ccn1. The number of fused-ring (bicyclic) bond motifs is 2. The molecule has 0 bridgehead atoms. The molecule has 2 aromatic carbocycles. The number of nitrogens with two attached hydrogens (primary N) is 1. The molecule has 0 aliphatic carbocycles. The molecule has 1 atom stereocenters. The normalized spacial score (nSPS) is 17.6. The van der Waals surface area contributed by atoms with Crippen LogP contribution in [-0.2, 0) is 17.7 Å². The minimum atomic E-state index is -0.578. The summed E-state index contributed by atoms with van der Waals surface area (Å²) in [7, 11) is 0. The highest BCUT2D eigenvalue weighted by atomic mass is 16.5. The van der Waals surface area contributed by atoms with Crippen molar-refractivity contribution in [2.24, 2.45) is 5.84 Å². The zero-order valence-corrected chi connectivity index (χ0v) is 21.0. The van der Waals surface area contributed by atoms with Crippen molar-refractivity contribution in [2.75, 3.05) is 37.9 Å². The van der Waals surface area contributed by atoms with E-state index in [1.165, 1.54) is 11.1 Å². The van der Waals surface area contributed by atoms with E-state index in [9.17, 15) is 5.11 Å². The first-order valence-corrected chi connectivity index (χ1v) is 13.1. The lowest BCUT2D eigenvalue weighted by atomic mass is 10.00. The number of hydrogen-bond donors (Lipinski definition) is 2. The molecule has 8 heteroatoms. The monoisotopic (exact) mass is 498 g/mol. The molecule has 2 aliphatic heterocycles. The first kappa shape index (κ1) is 24.1. The predicted octanol–water partition coefficient (Wildman–Crippen LogP) is 3.55. The van der Waals surface area contributed by atoms with Crippen molar-refractivity contribution in [3.05, 3.63) is 78.2 Å². The molecule has 0 radical (unpaired) electrons. The summed E-state index contributed by atoms with van der Waals surface area (Å²) in [6, 6.07) is 19.3. The standard InChI is InChI=1S/C29H34N6O2/c30-35(19-26(36)18-33-12-8-21-3-1-2-4-24(21)17-33)29-16-23(7-11-31-29)22-5-6-27-28(15-22)34(20-32-27)25-9-13-37-14-10-25/h1-7,11,15-16,20,25-26,36H,8-10,12-14,17-19,30H2. The second kappa shape index (κ2) is 10.6. The van der Waals surface area contributed by atoms with Gasteiger partial charge in [0.25, 0.3) is 0 Å². The fourth-order valence-corrected chi connectivity index (χ4v) is 5.60. The Kier molecular flexibility index (Phi) is 6.89. The Morgan fingerprint density at radius 1 is 1.03 bits per heavy atom. The minimum Gasteiger partial charge on any atom is -0.390 e. The van der Waals surface area contributed by atoms with Gasteiger partial charge in [0.05, 0.1) is 30.0 Å². The van der Waals surface area contributed by atoms with Gasteiger partial charge in [-0.25, -0.2) is 15.8 Å². The fourth-order valence-electron chi connectivity index (χ4n) is 5.60. The van der Waals surface area contributed by atoms with Crippen LogP contribution in [0.3, 0.4) is 0 Å². The number of aliphatic hydroxyl groups is 1. The molecule has 0 saturated carbocycles. The number of aromatic nitrogens is 3. The Labute approximate surface area is 217 Å². The maximum atomic E-state index is 10.8. The van der Waals surface area contributed by atoms with Gasteiger partial charge in [-0.3, -0.25) is 9.91 Å². The summed E-state index contributed by atoms with van der Waals surface area (Å²) >= 11 is 0. The van der Waals surface area contributed by atoms with Crippen LogP contribution in [0.1, 0.15) is 30.0 Å². The number of aliphatic hydroxyl groups excluding tert-OH is 1. The van der Waals surface area contributed by atoms with Crippen LogP contribution in [0.5, 0.6) is 0 Å². The summed E-state index contributed by atoms with van der Waals surface area (Å²) in [4.78, 5) is 11.4. The largest absolute Gasteiger partial charge is 0.390 e. The zero-order valence-electron chi connectivity index (χ0n) is 21.0. The summed E-state index contributed by atoms with van der Waals surface area (Å²) in [5, 5.41) is 12.4. The van der Waals surface area contributed by atoms with E-state index in [4.69, 9.17) is 10.6 Å². The highest BCUT2D eigenvalue weighted by Crippen LogP contribution is 2.30. The number of imidazole rings is 1. The number of anilines is 1. The minimum absolute atomic E-state index is 0.310. The van der Waals surface area contributed by atoms with E-state index in [0.29, 0.717) is 24.9 Å². The quantitative estimate of drug-likeness (QED) is 0.297. The molecule has 3 N–H and O–H groups in total. The predicted molar refractivity (Wildman–Crippen MR) is 145 cm³/mol. The van der Waals surface area contributed by atoms with E-state index < -0.39 is 6.10 Å². The maximum absolute atomic E-state index is 10.8. The maximum Gasteiger partial charge on any atom is 0.143 e. The van der Waals surface area contributed by atoms with Gasteiger partial charge >= 0.3 is 0 Å². The van der Waals surface area contributed by atoms with Gasteiger partial charge in [0, 0.05) is 45.1 Å². The van der Waals surface area contributed by atoms with Crippen molar-refractivity contribution in [1.29, 1.82) is 0 Å². The van der Waals surface area contributed by atoms with E-state index >= 15 is 0 Å². The van der Waals surface area contributed by atoms with E-state index in [1.807, 2.05) is 18.5 Å². The molecule has 37 heavy (non-hydrogen) atoms. The van der Waals surface area contributed by atoms with Crippen LogP contribution in [0.15, 0.2) is 67.1 Å². The molecule has 2 aromatic heterocycles. The Balaban J connectivity index is 1.14. The third-order valence-electron chi connectivity index (χ3n) is 7.62. The number of benzene rings is 2. The van der Waals surface area contributed by atoms with Gasteiger partial charge in [-0.2, -0.15) is 0 Å². The molecule has 192 valence electrons. The average molecular weight is 499 g/mol. The van der Waals surface area contributed by atoms with Crippen molar-refractivity contribution in [1.82, 2.24) is 19.4 Å². The number of rotatable bonds is 7. The van der Waals surface area contributed by atoms with E-state index in [-0.39, 0.29) is 0 Å². The van der Waals surface area contributed by atoms with Gasteiger partial charge in [-0.15, -0.1) is 0 Å². The molecule has 0 amide bonds. The lowest BCUT2D eigenvalue weighted by molar-refractivity contribution is 0.0706. The second-order valence-corrected chi connectivity index (χ2v) is 10.2. The zero-order chi connectivity index (χ0) is 25.2. The van der Waals surface area contributed by atoms with Crippen LogP contribution in [0.2, 0.25) is 0 Å². The smallest absolute Gasteiger partial charge is 0.143 e. The summed E-state index contributed by atoms with van der Waals surface area (Å²) in [6.07, 6.45) is 6.17. The van der Waals surface area contributed by atoms with E-state index in [0.717, 1.165) is 67.7 Å². The first-order valence-electron chi connectivity index (χ1n) is 13.1. The van der Waals surface area contributed by atoms with Crippen LogP contribution in [0, 0.1) is 0 Å². The molecule has 2 aliphatic rings. The van der Waals surface area contributed by atoms with Crippen LogP contribution in [-0.4, -0.2) is 63.5 Å². The third kappa shape index (κ3) is 5.24. The molecule has 4 heterocycles. The first-order chi connectivity index (χ1) is 18.1. The molecule has 1 saturated heterocycles. The Morgan fingerprint density at radius 2 is 1.84 bits per heavy atom. The molecule has 6 rings (SSSR count). The summed E-state index contributed by atoms with van der Waals surface area (Å²) in [5.41, 5.74) is 6.99. The molecule has 4 aromatic rings.